The Morgan fingerprint density at radius 3 is 2.78 bits per heavy atom. The molecule has 6 nitrogen and oxygen atoms in total. The van der Waals surface area contributed by atoms with Gasteiger partial charge in [-0.2, -0.15) is 0 Å². The molecule has 0 radical (unpaired) electrons. The van der Waals surface area contributed by atoms with Crippen molar-refractivity contribution in [3.8, 4) is 5.75 Å². The Kier molecular flexibility index (Phi) is 5.52. The van der Waals surface area contributed by atoms with Gasteiger partial charge < -0.3 is 9.84 Å². The van der Waals surface area contributed by atoms with Crippen LogP contribution in [0.25, 0.3) is 11.9 Å². The number of aryl methyl sites for hydroxylation is 1. The van der Waals surface area contributed by atoms with Crippen molar-refractivity contribution in [2.45, 2.75) is 26.6 Å². The summed E-state index contributed by atoms with van der Waals surface area (Å²) in [6.45, 7) is 3.11. The highest BCUT2D eigenvalue weighted by Crippen LogP contribution is 2.28. The van der Waals surface area contributed by atoms with E-state index in [1.54, 1.807) is 0 Å². The number of hydrogen-bond acceptors (Lipinski definition) is 5. The van der Waals surface area contributed by atoms with E-state index in [1.807, 2.05) is 84.5 Å². The number of aliphatic hydroxyl groups excluding tert-OH is 1. The standard InChI is InChI=1S/C26H24N4O2/c1-18-13-28-26-29-14-22(30(26)15-18)7-8-24-23-11-21(16-31)25(12-20(23)9-10-27-24)32-17-19-5-3-2-4-6-19/h2-8,11-15,31H,9-10,16-17H2,1H3/b8-7+. The maximum absolute atomic E-state index is 9.97. The van der Waals surface area contributed by atoms with Crippen molar-refractivity contribution in [3.63, 3.8) is 0 Å². The average molecular weight is 425 g/mol. The number of ether oxygens (including phenoxy) is 1. The van der Waals surface area contributed by atoms with Crippen LogP contribution in [0.2, 0.25) is 0 Å². The third-order valence-corrected chi connectivity index (χ3v) is 5.57. The molecule has 6 heteroatoms. The summed E-state index contributed by atoms with van der Waals surface area (Å²) in [6.07, 6.45) is 10.5. The van der Waals surface area contributed by atoms with Crippen LogP contribution < -0.4 is 4.74 Å². The Bertz CT molecular complexity index is 1320. The SMILES string of the molecule is Cc1cnc2ncc(/C=C/C3=NCCc4cc(OCc5ccccc5)c(CO)cc43)n2c1. The molecule has 0 saturated carbocycles. The molecule has 2 aromatic heterocycles. The van der Waals surface area contributed by atoms with Gasteiger partial charge in [-0.05, 0) is 54.3 Å². The predicted octanol–water partition coefficient (Wildman–Crippen LogP) is 4.17. The maximum atomic E-state index is 9.97. The molecule has 0 saturated heterocycles. The average Bonchev–Trinajstić information content (AvgIpc) is 3.23. The van der Waals surface area contributed by atoms with Gasteiger partial charge in [-0.1, -0.05) is 30.3 Å². The predicted molar refractivity (Wildman–Crippen MR) is 125 cm³/mol. The molecule has 0 aliphatic carbocycles. The number of fused-ring (bicyclic) bond motifs is 2. The Labute approximate surface area is 186 Å². The number of aliphatic imine (C=N–C) groups is 1. The molecule has 0 unspecified atom stereocenters. The molecule has 0 amide bonds. The molecule has 4 aromatic rings. The second kappa shape index (κ2) is 8.77. The molecule has 1 N–H and O–H groups in total. The monoisotopic (exact) mass is 424 g/mol. The number of aliphatic hydroxyl groups is 1. The van der Waals surface area contributed by atoms with Gasteiger partial charge in [0, 0.05) is 30.1 Å². The number of imidazole rings is 1. The highest BCUT2D eigenvalue weighted by atomic mass is 16.5. The fraction of sp³-hybridized carbons (Fsp3) is 0.192. The van der Waals surface area contributed by atoms with Gasteiger partial charge in [-0.3, -0.25) is 9.39 Å². The summed E-state index contributed by atoms with van der Waals surface area (Å²) in [7, 11) is 0. The zero-order chi connectivity index (χ0) is 21.9. The number of allylic oxidation sites excluding steroid dienone is 1. The van der Waals surface area contributed by atoms with Crippen molar-refractivity contribution in [1.82, 2.24) is 14.4 Å². The van der Waals surface area contributed by atoms with E-state index < -0.39 is 0 Å². The van der Waals surface area contributed by atoms with E-state index >= 15 is 0 Å². The molecule has 1 aliphatic rings. The minimum Gasteiger partial charge on any atom is -0.489 e. The summed E-state index contributed by atoms with van der Waals surface area (Å²) in [5, 5.41) is 9.97. The molecule has 0 spiro atoms. The number of rotatable bonds is 6. The van der Waals surface area contributed by atoms with Crippen LogP contribution in [0.5, 0.6) is 5.75 Å². The number of aromatic nitrogens is 3. The highest BCUT2D eigenvalue weighted by molar-refractivity contribution is 6.12. The lowest BCUT2D eigenvalue weighted by atomic mass is 9.94. The zero-order valence-electron chi connectivity index (χ0n) is 17.9. The summed E-state index contributed by atoms with van der Waals surface area (Å²) in [5.74, 6) is 1.40. The van der Waals surface area contributed by atoms with E-state index in [-0.39, 0.29) is 6.61 Å². The third kappa shape index (κ3) is 4.05. The van der Waals surface area contributed by atoms with Crippen molar-refractivity contribution in [2.75, 3.05) is 6.54 Å². The van der Waals surface area contributed by atoms with Crippen molar-refractivity contribution < 1.29 is 9.84 Å². The Balaban J connectivity index is 1.42. The zero-order valence-corrected chi connectivity index (χ0v) is 17.9. The molecule has 160 valence electrons. The minimum absolute atomic E-state index is 0.0907. The van der Waals surface area contributed by atoms with Gasteiger partial charge >= 0.3 is 0 Å². The molecule has 0 bridgehead atoms. The number of hydrogen-bond donors (Lipinski definition) is 1. The first-order valence-electron chi connectivity index (χ1n) is 10.7. The molecule has 32 heavy (non-hydrogen) atoms. The van der Waals surface area contributed by atoms with Gasteiger partial charge in [0.1, 0.15) is 12.4 Å². The van der Waals surface area contributed by atoms with Gasteiger partial charge in [0.05, 0.1) is 24.2 Å². The van der Waals surface area contributed by atoms with Crippen molar-refractivity contribution in [3.05, 3.63) is 101 Å². The Morgan fingerprint density at radius 1 is 1.09 bits per heavy atom. The van der Waals surface area contributed by atoms with Gasteiger partial charge in [0.25, 0.3) is 0 Å². The topological polar surface area (TPSA) is 72.0 Å². The van der Waals surface area contributed by atoms with E-state index in [9.17, 15) is 5.11 Å². The fourth-order valence-electron chi connectivity index (χ4n) is 3.91. The fourth-order valence-corrected chi connectivity index (χ4v) is 3.91. The first-order chi connectivity index (χ1) is 15.7. The van der Waals surface area contributed by atoms with Crippen LogP contribution in [0.4, 0.5) is 0 Å². The molecule has 1 aliphatic heterocycles. The molecule has 0 atom stereocenters. The van der Waals surface area contributed by atoms with Crippen LogP contribution in [-0.4, -0.2) is 31.7 Å². The summed E-state index contributed by atoms with van der Waals surface area (Å²) in [6, 6.07) is 14.1. The van der Waals surface area contributed by atoms with Gasteiger partial charge in [-0.25, -0.2) is 9.97 Å². The van der Waals surface area contributed by atoms with E-state index in [4.69, 9.17) is 9.73 Å². The van der Waals surface area contributed by atoms with Crippen LogP contribution in [0.1, 0.15) is 33.5 Å². The van der Waals surface area contributed by atoms with Crippen LogP contribution in [0.15, 0.2) is 72.1 Å². The van der Waals surface area contributed by atoms with Gasteiger partial charge in [0.2, 0.25) is 5.78 Å². The van der Waals surface area contributed by atoms with Gasteiger partial charge in [0.15, 0.2) is 0 Å². The first kappa shape index (κ1) is 20.2. The lowest BCUT2D eigenvalue weighted by molar-refractivity contribution is 0.259. The summed E-state index contributed by atoms with van der Waals surface area (Å²) in [5.41, 5.74) is 6.97. The number of benzene rings is 2. The molecule has 2 aromatic carbocycles. The minimum atomic E-state index is -0.0907. The first-order valence-corrected chi connectivity index (χ1v) is 10.7. The Morgan fingerprint density at radius 2 is 1.94 bits per heavy atom. The summed E-state index contributed by atoms with van der Waals surface area (Å²) in [4.78, 5) is 13.4. The van der Waals surface area contributed by atoms with E-state index in [0.717, 1.165) is 52.4 Å². The van der Waals surface area contributed by atoms with Crippen molar-refractivity contribution in [2.24, 2.45) is 4.99 Å². The largest absolute Gasteiger partial charge is 0.489 e. The summed E-state index contributed by atoms with van der Waals surface area (Å²) >= 11 is 0. The third-order valence-electron chi connectivity index (χ3n) is 5.57. The summed E-state index contributed by atoms with van der Waals surface area (Å²) < 4.78 is 8.03. The smallest absolute Gasteiger partial charge is 0.234 e. The molecule has 3 heterocycles. The second-order valence-corrected chi connectivity index (χ2v) is 7.88. The number of nitrogens with zero attached hydrogens (tertiary/aromatic N) is 4. The molecule has 5 rings (SSSR count). The van der Waals surface area contributed by atoms with Gasteiger partial charge in [-0.15, -0.1) is 0 Å². The Hall–Kier alpha value is -3.77. The maximum Gasteiger partial charge on any atom is 0.234 e. The highest BCUT2D eigenvalue weighted by Gasteiger charge is 2.17. The van der Waals surface area contributed by atoms with Crippen LogP contribution >= 0.6 is 0 Å². The lowest BCUT2D eigenvalue weighted by Gasteiger charge is -2.19. The quantitative estimate of drug-likeness (QED) is 0.504. The molecule has 0 fully saturated rings. The molecular weight excluding hydrogens is 400 g/mol. The normalized spacial score (nSPS) is 13.4. The van der Waals surface area contributed by atoms with Crippen LogP contribution in [0.3, 0.4) is 0 Å². The van der Waals surface area contributed by atoms with Crippen LogP contribution in [0, 0.1) is 6.92 Å². The van der Waals surface area contributed by atoms with E-state index in [0.29, 0.717) is 12.4 Å². The van der Waals surface area contributed by atoms with Crippen LogP contribution in [-0.2, 0) is 19.6 Å². The van der Waals surface area contributed by atoms with Crippen molar-refractivity contribution >= 4 is 17.6 Å². The van der Waals surface area contributed by atoms with E-state index in [1.165, 1.54) is 5.56 Å². The second-order valence-electron chi connectivity index (χ2n) is 7.88. The lowest BCUT2D eigenvalue weighted by Crippen LogP contribution is -2.13. The van der Waals surface area contributed by atoms with E-state index in [2.05, 4.69) is 9.97 Å². The van der Waals surface area contributed by atoms with Crippen molar-refractivity contribution in [1.29, 1.82) is 0 Å². The molecular formula is C26H24N4O2.